The van der Waals surface area contributed by atoms with Crippen LogP contribution in [0.5, 0.6) is 5.75 Å². The summed E-state index contributed by atoms with van der Waals surface area (Å²) in [6.45, 7) is 2.20. The predicted molar refractivity (Wildman–Crippen MR) is 81.8 cm³/mol. The lowest BCUT2D eigenvalue weighted by molar-refractivity contribution is 0.102. The molecule has 0 aliphatic heterocycles. The van der Waals surface area contributed by atoms with Crippen LogP contribution < -0.4 is 4.74 Å². The van der Waals surface area contributed by atoms with Gasteiger partial charge in [0.25, 0.3) is 0 Å². The van der Waals surface area contributed by atoms with Gasteiger partial charge in [-0.1, -0.05) is 31.9 Å². The monoisotopic (exact) mass is 294 g/mol. The number of Topliss-reactive ketones (excluding diaryl/α,β-unsaturated/α-hetero) is 1. The molecule has 0 amide bonds. The number of ketones is 1. The van der Waals surface area contributed by atoms with Gasteiger partial charge in [0.1, 0.15) is 5.75 Å². The summed E-state index contributed by atoms with van der Waals surface area (Å²) >= 11 is 0. The van der Waals surface area contributed by atoms with E-state index in [-0.39, 0.29) is 16.8 Å². The largest absolute Gasteiger partial charge is 0.497 e. The Labute approximate surface area is 123 Å². The maximum atomic E-state index is 12.3. The average Bonchev–Trinajstić information content (AvgIpc) is 2.47. The molecule has 0 bridgehead atoms. The lowest BCUT2D eigenvalue weighted by Crippen LogP contribution is -2.27. The molecule has 0 spiro atoms. The molecule has 3 unspecified atom stereocenters. The Kier molecular flexibility index (Phi) is 5.35. The molecule has 2 rings (SSSR count). The van der Waals surface area contributed by atoms with Crippen LogP contribution in [0.4, 0.5) is 0 Å². The highest BCUT2D eigenvalue weighted by Crippen LogP contribution is 2.27. The molecule has 20 heavy (non-hydrogen) atoms. The highest BCUT2D eigenvalue weighted by molar-refractivity contribution is 7.86. The Balaban J connectivity index is 1.98. The highest BCUT2D eigenvalue weighted by Gasteiger charge is 2.25. The molecule has 1 fully saturated rings. The quantitative estimate of drug-likeness (QED) is 0.783. The normalized spacial score (nSPS) is 24.1. The average molecular weight is 294 g/mol. The lowest BCUT2D eigenvalue weighted by atomic mass is 9.91. The minimum absolute atomic E-state index is 0.0551. The van der Waals surface area contributed by atoms with Crippen molar-refractivity contribution >= 4 is 16.6 Å². The second kappa shape index (κ2) is 7.02. The first-order valence-electron chi connectivity index (χ1n) is 7.14. The predicted octanol–water partition coefficient (Wildman–Crippen LogP) is 3.21. The van der Waals surface area contributed by atoms with Crippen LogP contribution in [-0.2, 0) is 10.8 Å². The Morgan fingerprint density at radius 1 is 1.40 bits per heavy atom. The number of hydrogen-bond acceptors (Lipinski definition) is 3. The van der Waals surface area contributed by atoms with E-state index in [1.54, 1.807) is 31.4 Å². The zero-order valence-corrected chi connectivity index (χ0v) is 12.9. The summed E-state index contributed by atoms with van der Waals surface area (Å²) in [6.07, 6.45) is 4.32. The summed E-state index contributed by atoms with van der Waals surface area (Å²) in [6, 6.07) is 7.06. The number of methoxy groups -OCH3 is 1. The van der Waals surface area contributed by atoms with Crippen LogP contribution in [0.15, 0.2) is 24.3 Å². The van der Waals surface area contributed by atoms with Crippen molar-refractivity contribution in [3.63, 3.8) is 0 Å². The SMILES string of the molecule is COc1cccc(C(=O)CS(=O)C2CCCC(C)C2)c1. The smallest absolute Gasteiger partial charge is 0.175 e. The molecule has 0 aromatic heterocycles. The minimum atomic E-state index is -1.06. The zero-order valence-electron chi connectivity index (χ0n) is 12.1. The standard InChI is InChI=1S/C16H22O3S/c1-12-5-3-8-15(9-12)20(18)11-16(17)13-6-4-7-14(10-13)19-2/h4,6-7,10,12,15H,3,5,8-9,11H2,1-2H3. The van der Waals surface area contributed by atoms with E-state index in [0.717, 1.165) is 19.3 Å². The summed E-state index contributed by atoms with van der Waals surface area (Å²) in [5.74, 6) is 1.36. The maximum Gasteiger partial charge on any atom is 0.175 e. The Morgan fingerprint density at radius 3 is 2.90 bits per heavy atom. The fourth-order valence-corrected chi connectivity index (χ4v) is 4.38. The van der Waals surface area contributed by atoms with Gasteiger partial charge in [0.15, 0.2) is 5.78 Å². The van der Waals surface area contributed by atoms with Gasteiger partial charge in [0, 0.05) is 21.6 Å². The van der Waals surface area contributed by atoms with Gasteiger partial charge in [0.05, 0.1) is 12.9 Å². The van der Waals surface area contributed by atoms with Crippen LogP contribution in [-0.4, -0.2) is 28.1 Å². The summed E-state index contributed by atoms with van der Waals surface area (Å²) < 4.78 is 17.5. The highest BCUT2D eigenvalue weighted by atomic mass is 32.2. The second-order valence-electron chi connectivity index (χ2n) is 5.57. The van der Waals surface area contributed by atoms with Crippen LogP contribution >= 0.6 is 0 Å². The lowest BCUT2D eigenvalue weighted by Gasteiger charge is -2.25. The molecule has 110 valence electrons. The molecule has 1 saturated carbocycles. The van der Waals surface area contributed by atoms with Gasteiger partial charge in [0.2, 0.25) is 0 Å². The first-order valence-corrected chi connectivity index (χ1v) is 8.52. The fourth-order valence-electron chi connectivity index (χ4n) is 2.74. The molecule has 0 radical (unpaired) electrons. The number of hydrogen-bond donors (Lipinski definition) is 0. The molecule has 4 heteroatoms. The Morgan fingerprint density at radius 2 is 2.20 bits per heavy atom. The van der Waals surface area contributed by atoms with E-state index in [4.69, 9.17) is 4.74 Å². The number of carbonyl (C=O) groups excluding carboxylic acids is 1. The third-order valence-electron chi connectivity index (χ3n) is 3.93. The van der Waals surface area contributed by atoms with Gasteiger partial charge in [-0.25, -0.2) is 0 Å². The second-order valence-corrected chi connectivity index (χ2v) is 7.29. The molecule has 0 saturated heterocycles. The van der Waals surface area contributed by atoms with Crippen molar-refractivity contribution in [1.82, 2.24) is 0 Å². The third-order valence-corrected chi connectivity index (χ3v) is 5.64. The van der Waals surface area contributed by atoms with E-state index in [1.165, 1.54) is 6.42 Å². The molecule has 1 aliphatic rings. The molecule has 3 atom stereocenters. The topological polar surface area (TPSA) is 43.4 Å². The summed E-state index contributed by atoms with van der Waals surface area (Å²) in [5, 5.41) is 0.188. The molecule has 1 aliphatic carbocycles. The Bertz CT molecular complexity index is 498. The van der Waals surface area contributed by atoms with Crippen molar-refractivity contribution in [2.45, 2.75) is 37.9 Å². The van der Waals surface area contributed by atoms with Gasteiger partial charge >= 0.3 is 0 Å². The molecule has 0 N–H and O–H groups in total. The minimum Gasteiger partial charge on any atom is -0.497 e. The molecular weight excluding hydrogens is 272 g/mol. The summed E-state index contributed by atoms with van der Waals surface area (Å²) in [4.78, 5) is 12.2. The van der Waals surface area contributed by atoms with Crippen LogP contribution in [0.3, 0.4) is 0 Å². The number of rotatable bonds is 5. The zero-order chi connectivity index (χ0) is 14.5. The van der Waals surface area contributed by atoms with Crippen molar-refractivity contribution in [2.24, 2.45) is 5.92 Å². The van der Waals surface area contributed by atoms with E-state index in [2.05, 4.69) is 6.92 Å². The van der Waals surface area contributed by atoms with Crippen molar-refractivity contribution in [1.29, 1.82) is 0 Å². The van der Waals surface area contributed by atoms with Gasteiger partial charge < -0.3 is 4.74 Å². The third kappa shape index (κ3) is 3.92. The van der Waals surface area contributed by atoms with Gasteiger partial charge in [-0.3, -0.25) is 9.00 Å². The maximum absolute atomic E-state index is 12.3. The Hall–Kier alpha value is -1.16. The molecular formula is C16H22O3S. The van der Waals surface area contributed by atoms with Crippen molar-refractivity contribution in [2.75, 3.05) is 12.9 Å². The van der Waals surface area contributed by atoms with Crippen LogP contribution in [0.25, 0.3) is 0 Å². The van der Waals surface area contributed by atoms with E-state index in [9.17, 15) is 9.00 Å². The van der Waals surface area contributed by atoms with E-state index in [1.807, 2.05) is 0 Å². The van der Waals surface area contributed by atoms with E-state index < -0.39 is 10.8 Å². The van der Waals surface area contributed by atoms with E-state index in [0.29, 0.717) is 17.2 Å². The summed E-state index contributed by atoms with van der Waals surface area (Å²) in [5.41, 5.74) is 0.585. The fraction of sp³-hybridized carbons (Fsp3) is 0.562. The number of ether oxygens (including phenoxy) is 1. The summed E-state index contributed by atoms with van der Waals surface area (Å²) in [7, 11) is 0.518. The van der Waals surface area contributed by atoms with Crippen LogP contribution in [0, 0.1) is 5.92 Å². The van der Waals surface area contributed by atoms with Gasteiger partial charge in [-0.2, -0.15) is 0 Å². The van der Waals surface area contributed by atoms with Crippen molar-refractivity contribution in [3.8, 4) is 5.75 Å². The van der Waals surface area contributed by atoms with Crippen LogP contribution in [0.1, 0.15) is 43.0 Å². The molecule has 1 aromatic carbocycles. The first-order chi connectivity index (χ1) is 9.60. The number of benzene rings is 1. The van der Waals surface area contributed by atoms with Crippen LogP contribution in [0.2, 0.25) is 0 Å². The van der Waals surface area contributed by atoms with Crippen molar-refractivity contribution in [3.05, 3.63) is 29.8 Å². The van der Waals surface area contributed by atoms with Gasteiger partial charge in [-0.15, -0.1) is 0 Å². The van der Waals surface area contributed by atoms with E-state index >= 15 is 0 Å². The van der Waals surface area contributed by atoms with Gasteiger partial charge in [-0.05, 0) is 30.9 Å². The molecule has 3 nitrogen and oxygen atoms in total. The van der Waals surface area contributed by atoms with Crippen molar-refractivity contribution < 1.29 is 13.7 Å². The first kappa shape index (κ1) is 15.2. The molecule has 0 heterocycles. The number of carbonyl (C=O) groups is 1. The molecule has 1 aromatic rings.